The number of carbonyl (C=O) groups excluding carboxylic acids is 1. The standard InChI is InChI=1S/C20H24N4O/c1-12-10-21-19(22-12)16-5-4-8-24(11-16)20(25)15-6-7-18-17(9-15)13(2)14(3)23-18/h6-7,9-10,16,23H,4-5,8,11H2,1-3H3,(H,21,22)/t16-/m0/s1. The second kappa shape index (κ2) is 6.06. The fourth-order valence-electron chi connectivity index (χ4n) is 3.80. The van der Waals surface area contributed by atoms with Crippen LogP contribution in [0.5, 0.6) is 0 Å². The molecule has 2 aromatic heterocycles. The molecule has 0 unspecified atom stereocenters. The number of carbonyl (C=O) groups is 1. The first-order valence-corrected chi connectivity index (χ1v) is 8.92. The van der Waals surface area contributed by atoms with Crippen molar-refractivity contribution >= 4 is 16.8 Å². The number of hydrogen-bond donors (Lipinski definition) is 2. The number of H-pyrrole nitrogens is 2. The van der Waals surface area contributed by atoms with E-state index in [4.69, 9.17) is 0 Å². The maximum absolute atomic E-state index is 13.0. The Morgan fingerprint density at radius 1 is 1.24 bits per heavy atom. The molecule has 0 aliphatic carbocycles. The molecule has 1 fully saturated rings. The van der Waals surface area contributed by atoms with Gasteiger partial charge in [0.2, 0.25) is 0 Å². The molecule has 0 bridgehead atoms. The lowest BCUT2D eigenvalue weighted by atomic mass is 9.96. The van der Waals surface area contributed by atoms with E-state index in [-0.39, 0.29) is 5.91 Å². The fourth-order valence-corrected chi connectivity index (χ4v) is 3.80. The lowest BCUT2D eigenvalue weighted by Gasteiger charge is -2.32. The van der Waals surface area contributed by atoms with E-state index < -0.39 is 0 Å². The molecule has 0 spiro atoms. The van der Waals surface area contributed by atoms with E-state index in [9.17, 15) is 4.79 Å². The van der Waals surface area contributed by atoms with Crippen LogP contribution >= 0.6 is 0 Å². The lowest BCUT2D eigenvalue weighted by molar-refractivity contribution is 0.0705. The van der Waals surface area contributed by atoms with Crippen LogP contribution < -0.4 is 0 Å². The summed E-state index contributed by atoms with van der Waals surface area (Å²) < 4.78 is 0. The zero-order valence-electron chi connectivity index (χ0n) is 15.0. The predicted molar refractivity (Wildman–Crippen MR) is 99.0 cm³/mol. The summed E-state index contributed by atoms with van der Waals surface area (Å²) in [7, 11) is 0. The average molecular weight is 336 g/mol. The third-order valence-electron chi connectivity index (χ3n) is 5.37. The van der Waals surface area contributed by atoms with Crippen LogP contribution in [0.2, 0.25) is 0 Å². The zero-order valence-corrected chi connectivity index (χ0v) is 15.0. The number of nitrogens with zero attached hydrogens (tertiary/aromatic N) is 2. The van der Waals surface area contributed by atoms with Crippen LogP contribution in [-0.4, -0.2) is 38.8 Å². The van der Waals surface area contributed by atoms with Gasteiger partial charge in [-0.3, -0.25) is 4.79 Å². The highest BCUT2D eigenvalue weighted by Gasteiger charge is 2.27. The van der Waals surface area contributed by atoms with Crippen LogP contribution in [-0.2, 0) is 0 Å². The monoisotopic (exact) mass is 336 g/mol. The molecule has 1 aliphatic rings. The van der Waals surface area contributed by atoms with Gasteiger partial charge in [0.15, 0.2) is 0 Å². The summed E-state index contributed by atoms with van der Waals surface area (Å²) in [5.74, 6) is 1.42. The largest absolute Gasteiger partial charge is 0.358 e. The Labute approximate surface area is 147 Å². The van der Waals surface area contributed by atoms with Gasteiger partial charge < -0.3 is 14.9 Å². The van der Waals surface area contributed by atoms with Crippen LogP contribution in [0.3, 0.4) is 0 Å². The molecule has 1 amide bonds. The average Bonchev–Trinajstić information content (AvgIpc) is 3.18. The number of rotatable bonds is 2. The van der Waals surface area contributed by atoms with Crippen molar-refractivity contribution in [1.29, 1.82) is 0 Å². The van der Waals surface area contributed by atoms with Gasteiger partial charge in [0.05, 0.1) is 0 Å². The van der Waals surface area contributed by atoms with Gasteiger partial charge in [0, 0.05) is 53.1 Å². The Morgan fingerprint density at radius 2 is 2.08 bits per heavy atom. The van der Waals surface area contributed by atoms with Gasteiger partial charge in [-0.2, -0.15) is 0 Å². The summed E-state index contributed by atoms with van der Waals surface area (Å²) in [5.41, 5.74) is 5.31. The molecule has 3 aromatic rings. The van der Waals surface area contributed by atoms with E-state index in [0.29, 0.717) is 5.92 Å². The summed E-state index contributed by atoms with van der Waals surface area (Å²) in [4.78, 5) is 26.2. The number of hydrogen-bond acceptors (Lipinski definition) is 2. The second-order valence-corrected chi connectivity index (χ2v) is 7.18. The molecule has 0 saturated carbocycles. The summed E-state index contributed by atoms with van der Waals surface area (Å²) in [6.45, 7) is 7.72. The first-order chi connectivity index (χ1) is 12.0. The van der Waals surface area contributed by atoms with Crippen molar-refractivity contribution in [2.45, 2.75) is 39.5 Å². The van der Waals surface area contributed by atoms with Gasteiger partial charge in [-0.05, 0) is 57.4 Å². The number of aromatic amines is 2. The number of fused-ring (bicyclic) bond motifs is 1. The van der Waals surface area contributed by atoms with Crippen molar-refractivity contribution in [1.82, 2.24) is 19.9 Å². The van der Waals surface area contributed by atoms with E-state index in [1.807, 2.05) is 36.2 Å². The number of nitrogens with one attached hydrogen (secondary N) is 2. The molecule has 130 valence electrons. The minimum Gasteiger partial charge on any atom is -0.358 e. The van der Waals surface area contributed by atoms with E-state index >= 15 is 0 Å². The van der Waals surface area contributed by atoms with Crippen molar-refractivity contribution in [3.05, 3.63) is 52.7 Å². The second-order valence-electron chi connectivity index (χ2n) is 7.18. The SMILES string of the molecule is Cc1cnc([C@H]2CCCN(C(=O)c3ccc4[nH]c(C)c(C)c4c3)C2)[nH]1. The molecule has 5 heteroatoms. The van der Waals surface area contributed by atoms with Gasteiger partial charge in [0.25, 0.3) is 5.91 Å². The molecule has 4 rings (SSSR count). The summed E-state index contributed by atoms with van der Waals surface area (Å²) >= 11 is 0. The smallest absolute Gasteiger partial charge is 0.253 e. The molecular weight excluding hydrogens is 312 g/mol. The molecule has 0 radical (unpaired) electrons. The summed E-state index contributed by atoms with van der Waals surface area (Å²) in [5, 5.41) is 1.14. The highest BCUT2D eigenvalue weighted by Crippen LogP contribution is 2.27. The van der Waals surface area contributed by atoms with Crippen molar-refractivity contribution in [3.63, 3.8) is 0 Å². The number of amides is 1. The quantitative estimate of drug-likeness (QED) is 0.747. The molecule has 2 N–H and O–H groups in total. The molecule has 1 aromatic carbocycles. The Hall–Kier alpha value is -2.56. The van der Waals surface area contributed by atoms with Gasteiger partial charge in [-0.15, -0.1) is 0 Å². The first kappa shape index (κ1) is 15.9. The van der Waals surface area contributed by atoms with Gasteiger partial charge in [0.1, 0.15) is 5.82 Å². The van der Waals surface area contributed by atoms with Crippen molar-refractivity contribution < 1.29 is 4.79 Å². The molecular formula is C20H24N4O. The topological polar surface area (TPSA) is 64.8 Å². The van der Waals surface area contributed by atoms with Gasteiger partial charge in [-0.1, -0.05) is 0 Å². The minimum absolute atomic E-state index is 0.119. The van der Waals surface area contributed by atoms with Crippen LogP contribution in [0.1, 0.15) is 51.9 Å². The predicted octanol–water partition coefficient (Wildman–Crippen LogP) is 3.84. The number of aromatic nitrogens is 3. The summed E-state index contributed by atoms with van der Waals surface area (Å²) in [6, 6.07) is 5.97. The third-order valence-corrected chi connectivity index (χ3v) is 5.37. The fraction of sp³-hybridized carbons (Fsp3) is 0.400. The molecule has 5 nitrogen and oxygen atoms in total. The maximum atomic E-state index is 13.0. The normalized spacial score (nSPS) is 18.0. The zero-order chi connectivity index (χ0) is 17.6. The maximum Gasteiger partial charge on any atom is 0.253 e. The van der Waals surface area contributed by atoms with Gasteiger partial charge >= 0.3 is 0 Å². The number of piperidine rings is 1. The van der Waals surface area contributed by atoms with Crippen LogP contribution in [0.25, 0.3) is 10.9 Å². The highest BCUT2D eigenvalue weighted by atomic mass is 16.2. The van der Waals surface area contributed by atoms with Crippen molar-refractivity contribution in [2.75, 3.05) is 13.1 Å². The summed E-state index contributed by atoms with van der Waals surface area (Å²) in [6.07, 6.45) is 3.95. The number of imidazole rings is 1. The molecule has 1 saturated heterocycles. The van der Waals surface area contributed by atoms with Crippen molar-refractivity contribution in [3.8, 4) is 0 Å². The Kier molecular flexibility index (Phi) is 3.86. The first-order valence-electron chi connectivity index (χ1n) is 8.92. The molecule has 1 atom stereocenters. The Balaban J connectivity index is 1.58. The van der Waals surface area contributed by atoms with E-state index in [1.54, 1.807) is 0 Å². The Bertz CT molecular complexity index is 936. The van der Waals surface area contributed by atoms with E-state index in [0.717, 1.165) is 59.6 Å². The third kappa shape index (κ3) is 2.84. The van der Waals surface area contributed by atoms with Crippen LogP contribution in [0.4, 0.5) is 0 Å². The van der Waals surface area contributed by atoms with Crippen molar-refractivity contribution in [2.24, 2.45) is 0 Å². The molecule has 1 aliphatic heterocycles. The van der Waals surface area contributed by atoms with E-state index in [2.05, 4.69) is 28.8 Å². The molecule has 25 heavy (non-hydrogen) atoms. The van der Waals surface area contributed by atoms with E-state index in [1.165, 1.54) is 5.56 Å². The minimum atomic E-state index is 0.119. The molecule has 3 heterocycles. The lowest BCUT2D eigenvalue weighted by Crippen LogP contribution is -2.39. The number of aryl methyl sites for hydroxylation is 3. The van der Waals surface area contributed by atoms with Gasteiger partial charge in [-0.25, -0.2) is 4.98 Å². The number of likely N-dealkylation sites (tertiary alicyclic amines) is 1. The highest BCUT2D eigenvalue weighted by molar-refractivity contribution is 5.99. The number of benzene rings is 1. The van der Waals surface area contributed by atoms with Crippen LogP contribution in [0.15, 0.2) is 24.4 Å². The van der Waals surface area contributed by atoms with Crippen LogP contribution in [0, 0.1) is 20.8 Å². The Morgan fingerprint density at radius 3 is 2.84 bits per heavy atom.